The zero-order valence-corrected chi connectivity index (χ0v) is 11.5. The average Bonchev–Trinajstić information content (AvgIpc) is 2.78. The number of sulfone groups is 1. The van der Waals surface area contributed by atoms with E-state index in [0.29, 0.717) is 4.90 Å². The molecule has 2 N–H and O–H groups in total. The molecule has 0 fully saturated rings. The zero-order valence-electron chi connectivity index (χ0n) is 10.7. The molecular formula is C13H18N2O2S. The van der Waals surface area contributed by atoms with Gasteiger partial charge in [0, 0.05) is 17.1 Å². The first kappa shape index (κ1) is 13.1. The predicted molar refractivity (Wildman–Crippen MR) is 73.7 cm³/mol. The monoisotopic (exact) mass is 266 g/mol. The summed E-state index contributed by atoms with van der Waals surface area (Å²) in [6.07, 6.45) is 2.83. The summed E-state index contributed by atoms with van der Waals surface area (Å²) in [5, 5.41) is 4.09. The van der Waals surface area contributed by atoms with Crippen LogP contribution in [0.1, 0.15) is 12.5 Å². The molecule has 0 saturated carbocycles. The van der Waals surface area contributed by atoms with Crippen molar-refractivity contribution in [2.45, 2.75) is 18.2 Å². The molecule has 0 unspecified atom stereocenters. The molecule has 0 aliphatic carbocycles. The van der Waals surface area contributed by atoms with E-state index in [1.54, 1.807) is 19.1 Å². The van der Waals surface area contributed by atoms with E-state index in [0.717, 1.165) is 29.4 Å². The first-order valence-electron chi connectivity index (χ1n) is 6.06. The molecule has 4 nitrogen and oxygen atoms in total. The Bertz CT molecular complexity index is 644. The quantitative estimate of drug-likeness (QED) is 0.866. The van der Waals surface area contributed by atoms with E-state index in [4.69, 9.17) is 0 Å². The number of benzene rings is 1. The van der Waals surface area contributed by atoms with E-state index in [9.17, 15) is 8.42 Å². The van der Waals surface area contributed by atoms with E-state index in [2.05, 4.69) is 10.3 Å². The number of likely N-dealkylation sites (N-methyl/N-ethyl adjacent to an activating group) is 1. The van der Waals surface area contributed by atoms with Crippen LogP contribution in [0.2, 0.25) is 0 Å². The normalized spacial score (nSPS) is 12.1. The lowest BCUT2D eigenvalue weighted by atomic mass is 10.1. The highest BCUT2D eigenvalue weighted by atomic mass is 32.2. The molecular weight excluding hydrogens is 248 g/mol. The van der Waals surface area contributed by atoms with Crippen LogP contribution in [-0.4, -0.2) is 32.7 Å². The molecule has 0 bridgehead atoms. The summed E-state index contributed by atoms with van der Waals surface area (Å²) in [4.78, 5) is 3.58. The molecule has 1 aromatic heterocycles. The lowest BCUT2D eigenvalue weighted by molar-refractivity contribution is 0.597. The molecule has 1 aromatic carbocycles. The maximum Gasteiger partial charge on any atom is 0.178 e. The number of hydrogen-bond donors (Lipinski definition) is 2. The fourth-order valence-corrected chi connectivity index (χ4v) is 2.89. The predicted octanol–water partition coefficient (Wildman–Crippen LogP) is 1.72. The number of hydrogen-bond acceptors (Lipinski definition) is 3. The van der Waals surface area contributed by atoms with Gasteiger partial charge in [-0.1, -0.05) is 6.92 Å². The van der Waals surface area contributed by atoms with Crippen molar-refractivity contribution in [2.75, 3.05) is 19.3 Å². The van der Waals surface area contributed by atoms with Gasteiger partial charge >= 0.3 is 0 Å². The third kappa shape index (κ3) is 2.42. The molecule has 0 saturated heterocycles. The van der Waals surface area contributed by atoms with Gasteiger partial charge in [0.15, 0.2) is 9.84 Å². The van der Waals surface area contributed by atoms with E-state index in [1.165, 1.54) is 0 Å². The van der Waals surface area contributed by atoms with E-state index in [-0.39, 0.29) is 5.75 Å². The number of aromatic amines is 1. The first-order chi connectivity index (χ1) is 8.58. The number of nitrogens with one attached hydrogen (secondary N) is 2. The van der Waals surface area contributed by atoms with Gasteiger partial charge in [-0.3, -0.25) is 0 Å². The smallest absolute Gasteiger partial charge is 0.178 e. The van der Waals surface area contributed by atoms with Crippen molar-refractivity contribution >= 4 is 20.7 Å². The lowest BCUT2D eigenvalue weighted by Crippen LogP contribution is -2.10. The summed E-state index contributed by atoms with van der Waals surface area (Å²) < 4.78 is 23.7. The summed E-state index contributed by atoms with van der Waals surface area (Å²) in [6.45, 7) is 2.54. The van der Waals surface area contributed by atoms with Gasteiger partial charge in [-0.05, 0) is 43.8 Å². The van der Waals surface area contributed by atoms with Crippen LogP contribution >= 0.6 is 0 Å². The maximum absolute atomic E-state index is 11.9. The molecule has 0 aliphatic heterocycles. The number of H-pyrrole nitrogens is 1. The lowest BCUT2D eigenvalue weighted by Gasteiger charge is -2.03. The minimum Gasteiger partial charge on any atom is -0.361 e. The largest absolute Gasteiger partial charge is 0.361 e. The van der Waals surface area contributed by atoms with Crippen molar-refractivity contribution in [1.82, 2.24) is 10.3 Å². The minimum absolute atomic E-state index is 0.134. The van der Waals surface area contributed by atoms with Crippen molar-refractivity contribution in [2.24, 2.45) is 0 Å². The van der Waals surface area contributed by atoms with Crippen LogP contribution in [0.25, 0.3) is 10.9 Å². The fraction of sp³-hybridized carbons (Fsp3) is 0.385. The molecule has 0 radical (unpaired) electrons. The topological polar surface area (TPSA) is 62.0 Å². The summed E-state index contributed by atoms with van der Waals surface area (Å²) in [7, 11) is -1.23. The Labute approximate surface area is 107 Å². The van der Waals surface area contributed by atoms with Crippen LogP contribution < -0.4 is 5.32 Å². The second-order valence-corrected chi connectivity index (χ2v) is 6.56. The van der Waals surface area contributed by atoms with Gasteiger partial charge in [0.2, 0.25) is 0 Å². The van der Waals surface area contributed by atoms with Crippen LogP contribution in [0, 0.1) is 0 Å². The zero-order chi connectivity index (χ0) is 13.2. The highest BCUT2D eigenvalue weighted by Crippen LogP contribution is 2.23. The summed E-state index contributed by atoms with van der Waals surface area (Å²) in [5.41, 5.74) is 2.13. The molecule has 98 valence electrons. The summed E-state index contributed by atoms with van der Waals surface area (Å²) in [6, 6.07) is 5.27. The van der Waals surface area contributed by atoms with Crippen molar-refractivity contribution in [3.8, 4) is 0 Å². The van der Waals surface area contributed by atoms with Crippen LogP contribution in [-0.2, 0) is 16.3 Å². The highest BCUT2D eigenvalue weighted by molar-refractivity contribution is 7.91. The molecule has 5 heteroatoms. The SMILES string of the molecule is CCS(=O)(=O)c1ccc2[nH]cc(CCNC)c2c1. The average molecular weight is 266 g/mol. The maximum atomic E-state index is 11.9. The Morgan fingerprint density at radius 2 is 2.11 bits per heavy atom. The van der Waals surface area contributed by atoms with Crippen molar-refractivity contribution in [3.63, 3.8) is 0 Å². The molecule has 0 amide bonds. The second-order valence-electron chi connectivity index (χ2n) is 4.28. The van der Waals surface area contributed by atoms with Gasteiger partial charge in [-0.15, -0.1) is 0 Å². The Morgan fingerprint density at radius 3 is 2.78 bits per heavy atom. The highest BCUT2D eigenvalue weighted by Gasteiger charge is 2.13. The number of rotatable bonds is 5. The van der Waals surface area contributed by atoms with E-state index in [1.807, 2.05) is 19.3 Å². The van der Waals surface area contributed by atoms with Crippen molar-refractivity contribution in [3.05, 3.63) is 30.0 Å². The third-order valence-electron chi connectivity index (χ3n) is 3.12. The molecule has 2 aromatic rings. The standard InChI is InChI=1S/C13H18N2O2S/c1-3-18(16,17)11-4-5-13-12(8-11)10(9-15-13)6-7-14-2/h4-5,8-9,14-15H,3,6-7H2,1-2H3. The van der Waals surface area contributed by atoms with Gasteiger partial charge in [-0.25, -0.2) is 8.42 Å². The van der Waals surface area contributed by atoms with Crippen LogP contribution in [0.15, 0.2) is 29.3 Å². The van der Waals surface area contributed by atoms with Crippen molar-refractivity contribution in [1.29, 1.82) is 0 Å². The second kappa shape index (κ2) is 5.12. The molecule has 0 spiro atoms. The molecule has 2 rings (SSSR count). The number of aromatic nitrogens is 1. The Hall–Kier alpha value is -1.33. The molecule has 1 heterocycles. The van der Waals surface area contributed by atoms with Gasteiger partial charge < -0.3 is 10.3 Å². The van der Waals surface area contributed by atoms with Gasteiger partial charge in [0.1, 0.15) is 0 Å². The third-order valence-corrected chi connectivity index (χ3v) is 4.85. The van der Waals surface area contributed by atoms with Crippen LogP contribution in [0.4, 0.5) is 0 Å². The van der Waals surface area contributed by atoms with Gasteiger partial charge in [0.25, 0.3) is 0 Å². The number of fused-ring (bicyclic) bond motifs is 1. The minimum atomic E-state index is -3.13. The Kier molecular flexibility index (Phi) is 3.73. The van der Waals surface area contributed by atoms with E-state index >= 15 is 0 Å². The first-order valence-corrected chi connectivity index (χ1v) is 7.71. The van der Waals surface area contributed by atoms with Crippen molar-refractivity contribution < 1.29 is 8.42 Å². The van der Waals surface area contributed by atoms with Crippen LogP contribution in [0.5, 0.6) is 0 Å². The Balaban J connectivity index is 2.49. The van der Waals surface area contributed by atoms with Gasteiger partial charge in [-0.2, -0.15) is 0 Å². The Morgan fingerprint density at radius 1 is 1.33 bits per heavy atom. The summed E-state index contributed by atoms with van der Waals surface area (Å²) >= 11 is 0. The molecule has 0 atom stereocenters. The van der Waals surface area contributed by atoms with Crippen LogP contribution in [0.3, 0.4) is 0 Å². The van der Waals surface area contributed by atoms with E-state index < -0.39 is 9.84 Å². The summed E-state index contributed by atoms with van der Waals surface area (Å²) in [5.74, 6) is 0.134. The van der Waals surface area contributed by atoms with Gasteiger partial charge in [0.05, 0.1) is 10.6 Å². The molecule has 18 heavy (non-hydrogen) atoms. The molecule has 0 aliphatic rings. The fourth-order valence-electron chi connectivity index (χ4n) is 1.98.